The highest BCUT2D eigenvalue weighted by molar-refractivity contribution is 6.18. The van der Waals surface area contributed by atoms with Gasteiger partial charge in [-0.25, -0.2) is 4.79 Å². The zero-order valence-corrected chi connectivity index (χ0v) is 28.4. The van der Waals surface area contributed by atoms with E-state index in [4.69, 9.17) is 40.0 Å². The smallest absolute Gasteiger partial charge is 0.338 e. The largest absolute Gasteiger partial charge is 0.491 e. The number of fused-ring (bicyclic) bond motifs is 3. The lowest BCUT2D eigenvalue weighted by molar-refractivity contribution is -0.132. The van der Waals surface area contributed by atoms with Crippen molar-refractivity contribution in [1.29, 1.82) is 0 Å². The number of rotatable bonds is 12. The van der Waals surface area contributed by atoms with Crippen LogP contribution in [0.25, 0.3) is 0 Å². The van der Waals surface area contributed by atoms with Crippen LogP contribution in [0.2, 0.25) is 0 Å². The van der Waals surface area contributed by atoms with Gasteiger partial charge in [0.25, 0.3) is 5.91 Å². The number of carbonyl (C=O) groups excluding carboxylic acids is 4. The molecule has 0 radical (unpaired) electrons. The van der Waals surface area contributed by atoms with Crippen LogP contribution in [0, 0.1) is 0 Å². The molecule has 1 amide bonds. The second-order valence-electron chi connectivity index (χ2n) is 11.3. The molecule has 0 spiro atoms. The molecule has 0 saturated carbocycles. The molecular weight excluding hydrogens is 666 g/mol. The number of esters is 3. The van der Waals surface area contributed by atoms with Crippen LogP contribution >= 0.6 is 11.6 Å². The third kappa shape index (κ3) is 10.1. The predicted molar refractivity (Wildman–Crippen MR) is 183 cm³/mol. The minimum atomic E-state index is -0.637. The number of benzene rings is 4. The Labute approximate surface area is 294 Å². The number of aryl methyl sites for hydroxylation is 1. The SMILES string of the molecule is CC(=O)Oc1ccc2c(c1)Oc1cc(OC(C)=O)ccc1Cc1ccc(C(=O)NCCOCCOc3ccc(CCCl)cc3)cc1C(=O)OC2. The molecule has 260 valence electrons. The molecule has 0 saturated heterocycles. The zero-order chi connectivity index (χ0) is 35.5. The van der Waals surface area contributed by atoms with E-state index >= 15 is 0 Å². The number of alkyl halides is 1. The van der Waals surface area contributed by atoms with Gasteiger partial charge in [-0.1, -0.05) is 24.3 Å². The summed E-state index contributed by atoms with van der Waals surface area (Å²) >= 11 is 5.78. The highest BCUT2D eigenvalue weighted by atomic mass is 35.5. The lowest BCUT2D eigenvalue weighted by Crippen LogP contribution is -2.28. The maximum atomic E-state index is 13.5. The normalized spacial score (nSPS) is 12.1. The summed E-state index contributed by atoms with van der Waals surface area (Å²) in [6.45, 7) is 3.60. The van der Waals surface area contributed by atoms with Crippen LogP contribution in [0.3, 0.4) is 0 Å². The molecule has 11 nitrogen and oxygen atoms in total. The first-order chi connectivity index (χ1) is 24.2. The third-order valence-corrected chi connectivity index (χ3v) is 7.68. The molecule has 1 N–H and O–H groups in total. The fourth-order valence-electron chi connectivity index (χ4n) is 5.11. The average Bonchev–Trinajstić information content (AvgIpc) is 3.10. The minimum Gasteiger partial charge on any atom is -0.491 e. The first-order valence-corrected chi connectivity index (χ1v) is 16.5. The van der Waals surface area contributed by atoms with E-state index in [1.54, 1.807) is 42.5 Å². The van der Waals surface area contributed by atoms with Gasteiger partial charge >= 0.3 is 17.9 Å². The van der Waals surface area contributed by atoms with E-state index in [1.807, 2.05) is 24.3 Å². The van der Waals surface area contributed by atoms with Gasteiger partial charge in [0.15, 0.2) is 0 Å². The second kappa shape index (κ2) is 17.3. The van der Waals surface area contributed by atoms with E-state index in [0.29, 0.717) is 41.5 Å². The lowest BCUT2D eigenvalue weighted by Gasteiger charge is -2.16. The van der Waals surface area contributed by atoms with Crippen LogP contribution in [-0.4, -0.2) is 56.1 Å². The first kappa shape index (κ1) is 35.9. The first-order valence-electron chi connectivity index (χ1n) is 15.9. The number of halogens is 1. The van der Waals surface area contributed by atoms with Crippen LogP contribution in [-0.2, 0) is 38.5 Å². The average molecular weight is 702 g/mol. The molecule has 0 atom stereocenters. The van der Waals surface area contributed by atoms with Crippen molar-refractivity contribution >= 4 is 35.4 Å². The van der Waals surface area contributed by atoms with Crippen molar-refractivity contribution in [3.05, 3.63) is 112 Å². The summed E-state index contributed by atoms with van der Waals surface area (Å²) in [5.41, 5.74) is 3.34. The maximum absolute atomic E-state index is 13.5. The number of ether oxygens (including phenoxy) is 6. The van der Waals surface area contributed by atoms with Gasteiger partial charge in [0.1, 0.15) is 42.0 Å². The predicted octanol–water partition coefficient (Wildman–Crippen LogP) is 6.20. The summed E-state index contributed by atoms with van der Waals surface area (Å²) in [4.78, 5) is 49.8. The maximum Gasteiger partial charge on any atom is 0.338 e. The Kier molecular flexibility index (Phi) is 12.4. The van der Waals surface area contributed by atoms with Crippen molar-refractivity contribution in [2.75, 3.05) is 32.2 Å². The van der Waals surface area contributed by atoms with Crippen molar-refractivity contribution in [2.45, 2.75) is 33.3 Å². The van der Waals surface area contributed by atoms with E-state index < -0.39 is 17.9 Å². The Morgan fingerprint density at radius 3 is 2.08 bits per heavy atom. The second-order valence-corrected chi connectivity index (χ2v) is 11.6. The quantitative estimate of drug-likeness (QED) is 0.0788. The van der Waals surface area contributed by atoms with E-state index in [9.17, 15) is 19.2 Å². The molecule has 0 aliphatic carbocycles. The van der Waals surface area contributed by atoms with Gasteiger partial charge in [-0.15, -0.1) is 11.6 Å². The standard InChI is InChI=1S/C38H36ClNO10/c1-24(41)48-32-11-7-28-19-27-5-6-29(37(43)40-15-16-45-17-18-46-31-9-3-26(4-10-31)13-14-39)20-34(27)38(44)47-23-30-8-12-33(49-25(2)42)22-36(30)50-35(28)21-32/h3-12,20-22H,13-19,23H2,1-2H3,(H,40,43). The molecule has 1 aliphatic heterocycles. The summed E-state index contributed by atoms with van der Waals surface area (Å²) in [5.74, 6) is 0.368. The molecular formula is C38H36ClNO10. The summed E-state index contributed by atoms with van der Waals surface area (Å²) in [6, 6.07) is 22.1. The fourth-order valence-corrected chi connectivity index (χ4v) is 5.33. The Bertz CT molecular complexity index is 1860. The van der Waals surface area contributed by atoms with Gasteiger partial charge in [0.2, 0.25) is 0 Å². The van der Waals surface area contributed by atoms with E-state index in [-0.39, 0.29) is 60.5 Å². The molecule has 4 aromatic carbocycles. The Morgan fingerprint density at radius 2 is 1.40 bits per heavy atom. The number of carbonyl (C=O) groups is 4. The lowest BCUT2D eigenvalue weighted by atomic mass is 9.96. The highest BCUT2D eigenvalue weighted by Crippen LogP contribution is 2.36. The van der Waals surface area contributed by atoms with E-state index in [1.165, 1.54) is 26.0 Å². The number of cyclic esters (lactones) is 1. The van der Waals surface area contributed by atoms with Crippen molar-refractivity contribution < 1.29 is 47.6 Å². The fraction of sp³-hybridized carbons (Fsp3) is 0.263. The number of nitrogens with one attached hydrogen (secondary N) is 1. The van der Waals surface area contributed by atoms with Gasteiger partial charge in [0.05, 0.1) is 18.8 Å². The molecule has 0 unspecified atom stereocenters. The molecule has 1 heterocycles. The Morgan fingerprint density at radius 1 is 0.760 bits per heavy atom. The Hall–Kier alpha value is -5.39. The Balaban J connectivity index is 1.27. The van der Waals surface area contributed by atoms with E-state index in [0.717, 1.165) is 17.7 Å². The molecule has 0 bridgehead atoms. The van der Waals surface area contributed by atoms with Gasteiger partial charge < -0.3 is 33.7 Å². The van der Waals surface area contributed by atoms with Crippen LogP contribution in [0.4, 0.5) is 0 Å². The summed E-state index contributed by atoms with van der Waals surface area (Å²) < 4.78 is 33.8. The summed E-state index contributed by atoms with van der Waals surface area (Å²) in [6.07, 6.45) is 1.02. The zero-order valence-electron chi connectivity index (χ0n) is 27.6. The third-order valence-electron chi connectivity index (χ3n) is 7.49. The summed E-state index contributed by atoms with van der Waals surface area (Å²) in [5, 5.41) is 2.81. The van der Waals surface area contributed by atoms with Crippen molar-refractivity contribution in [3.8, 4) is 28.7 Å². The van der Waals surface area contributed by atoms with E-state index in [2.05, 4.69) is 5.32 Å². The van der Waals surface area contributed by atoms with Crippen LogP contribution < -0.4 is 24.3 Å². The highest BCUT2D eigenvalue weighted by Gasteiger charge is 2.22. The van der Waals surface area contributed by atoms with Crippen molar-refractivity contribution in [2.24, 2.45) is 0 Å². The molecule has 5 rings (SSSR count). The van der Waals surface area contributed by atoms with Crippen molar-refractivity contribution in [3.63, 3.8) is 0 Å². The molecule has 1 aliphatic rings. The van der Waals surface area contributed by atoms with Crippen LogP contribution in [0.1, 0.15) is 56.8 Å². The summed E-state index contributed by atoms with van der Waals surface area (Å²) in [7, 11) is 0. The van der Waals surface area contributed by atoms with Gasteiger partial charge in [-0.3, -0.25) is 14.4 Å². The van der Waals surface area contributed by atoms with Crippen LogP contribution in [0.15, 0.2) is 78.9 Å². The number of hydrogen-bond acceptors (Lipinski definition) is 10. The van der Waals surface area contributed by atoms with Gasteiger partial charge in [-0.05, 0) is 65.6 Å². The van der Waals surface area contributed by atoms with Crippen molar-refractivity contribution in [1.82, 2.24) is 5.32 Å². The molecule has 4 aromatic rings. The molecule has 50 heavy (non-hydrogen) atoms. The number of amides is 1. The monoisotopic (exact) mass is 701 g/mol. The topological polar surface area (TPSA) is 136 Å². The minimum absolute atomic E-state index is 0.177. The molecule has 0 aromatic heterocycles. The van der Waals surface area contributed by atoms with Gasteiger partial charge in [0, 0.05) is 56.0 Å². The molecule has 0 fully saturated rings. The molecule has 12 heteroatoms. The van der Waals surface area contributed by atoms with Crippen LogP contribution in [0.5, 0.6) is 28.7 Å². The van der Waals surface area contributed by atoms with Gasteiger partial charge in [-0.2, -0.15) is 0 Å². The number of hydrogen-bond donors (Lipinski definition) is 1.